The third kappa shape index (κ3) is 3.82. The molecule has 0 aromatic heterocycles. The standard InChI is InChI=1S/C18H19NO2/c1-2-21-18(20)16(10-6-12-19)13-15-9-5-8-14-7-3-4-11-17(14)15/h3-5,7-9,11,16H,2,6,10,13H2,1H3/t16-/m1/s1. The van der Waals surface area contributed by atoms with Gasteiger partial charge in [0.05, 0.1) is 18.6 Å². The number of ether oxygens (including phenoxy) is 1. The molecule has 2 aromatic carbocycles. The van der Waals surface area contributed by atoms with E-state index >= 15 is 0 Å². The van der Waals surface area contributed by atoms with Crippen LogP contribution in [0.3, 0.4) is 0 Å². The second-order valence-electron chi connectivity index (χ2n) is 4.99. The molecule has 2 rings (SSSR count). The summed E-state index contributed by atoms with van der Waals surface area (Å²) >= 11 is 0. The predicted octanol–water partition coefficient (Wildman–Crippen LogP) is 3.87. The van der Waals surface area contributed by atoms with E-state index in [4.69, 9.17) is 10.00 Å². The largest absolute Gasteiger partial charge is 0.466 e. The van der Waals surface area contributed by atoms with Gasteiger partial charge in [0.2, 0.25) is 0 Å². The minimum atomic E-state index is -0.254. The van der Waals surface area contributed by atoms with Crippen LogP contribution in [0.25, 0.3) is 10.8 Å². The number of esters is 1. The van der Waals surface area contributed by atoms with Crippen molar-refractivity contribution in [1.29, 1.82) is 5.26 Å². The van der Waals surface area contributed by atoms with E-state index in [9.17, 15) is 4.79 Å². The molecule has 0 aliphatic heterocycles. The van der Waals surface area contributed by atoms with Gasteiger partial charge in [-0.1, -0.05) is 42.5 Å². The molecule has 108 valence electrons. The predicted molar refractivity (Wildman–Crippen MR) is 82.6 cm³/mol. The van der Waals surface area contributed by atoms with Crippen LogP contribution in [0.2, 0.25) is 0 Å². The zero-order valence-electron chi connectivity index (χ0n) is 12.2. The SMILES string of the molecule is CCOC(=O)[C@H](CCC#N)Cc1cccc2ccccc12. The minimum absolute atomic E-state index is 0.208. The summed E-state index contributed by atoms with van der Waals surface area (Å²) in [4.78, 5) is 12.1. The van der Waals surface area contributed by atoms with Gasteiger partial charge < -0.3 is 4.74 Å². The summed E-state index contributed by atoms with van der Waals surface area (Å²) in [7, 11) is 0. The molecule has 0 spiro atoms. The highest BCUT2D eigenvalue weighted by atomic mass is 16.5. The van der Waals surface area contributed by atoms with E-state index < -0.39 is 0 Å². The van der Waals surface area contributed by atoms with Crippen LogP contribution in [0.4, 0.5) is 0 Å². The molecule has 0 unspecified atom stereocenters. The molecule has 3 heteroatoms. The van der Waals surface area contributed by atoms with Crippen molar-refractivity contribution in [3.63, 3.8) is 0 Å². The van der Waals surface area contributed by atoms with Crippen LogP contribution in [-0.4, -0.2) is 12.6 Å². The molecule has 0 aliphatic rings. The van der Waals surface area contributed by atoms with Crippen molar-refractivity contribution in [2.45, 2.75) is 26.2 Å². The van der Waals surface area contributed by atoms with Crippen molar-refractivity contribution >= 4 is 16.7 Å². The zero-order valence-corrected chi connectivity index (χ0v) is 12.2. The highest BCUT2D eigenvalue weighted by molar-refractivity contribution is 5.86. The number of benzene rings is 2. The molecule has 21 heavy (non-hydrogen) atoms. The molecule has 0 saturated heterocycles. The van der Waals surface area contributed by atoms with Crippen molar-refractivity contribution in [2.24, 2.45) is 5.92 Å². The topological polar surface area (TPSA) is 50.1 Å². The first kappa shape index (κ1) is 15.1. The van der Waals surface area contributed by atoms with Gasteiger partial charge in [0.15, 0.2) is 0 Å². The molecule has 1 atom stereocenters. The summed E-state index contributed by atoms with van der Waals surface area (Å²) in [5.74, 6) is -0.462. The summed E-state index contributed by atoms with van der Waals surface area (Å²) in [6.07, 6.45) is 1.52. The first-order chi connectivity index (χ1) is 10.3. The molecule has 0 fully saturated rings. The van der Waals surface area contributed by atoms with Crippen LogP contribution in [-0.2, 0) is 16.0 Å². The van der Waals surface area contributed by atoms with Gasteiger partial charge in [0.25, 0.3) is 0 Å². The number of hydrogen-bond acceptors (Lipinski definition) is 3. The Morgan fingerprint density at radius 3 is 2.76 bits per heavy atom. The van der Waals surface area contributed by atoms with Gasteiger partial charge in [0.1, 0.15) is 0 Å². The number of fused-ring (bicyclic) bond motifs is 1. The van der Waals surface area contributed by atoms with Gasteiger partial charge in [-0.05, 0) is 36.1 Å². The van der Waals surface area contributed by atoms with E-state index in [2.05, 4.69) is 24.3 Å². The first-order valence-corrected chi connectivity index (χ1v) is 7.26. The van der Waals surface area contributed by atoms with Gasteiger partial charge >= 0.3 is 5.97 Å². The lowest BCUT2D eigenvalue weighted by Gasteiger charge is -2.15. The van der Waals surface area contributed by atoms with Gasteiger partial charge in [-0.25, -0.2) is 0 Å². The van der Waals surface area contributed by atoms with E-state index in [-0.39, 0.29) is 11.9 Å². The van der Waals surface area contributed by atoms with Crippen molar-refractivity contribution in [1.82, 2.24) is 0 Å². The lowest BCUT2D eigenvalue weighted by Crippen LogP contribution is -2.20. The van der Waals surface area contributed by atoms with Gasteiger partial charge in [-0.15, -0.1) is 0 Å². The molecule has 2 aromatic rings. The third-order valence-corrected chi connectivity index (χ3v) is 3.57. The van der Waals surface area contributed by atoms with Crippen LogP contribution in [0.1, 0.15) is 25.3 Å². The summed E-state index contributed by atoms with van der Waals surface area (Å²) < 4.78 is 5.14. The molecule has 0 N–H and O–H groups in total. The molecule has 0 radical (unpaired) electrons. The second kappa shape index (κ2) is 7.44. The van der Waals surface area contributed by atoms with Crippen LogP contribution in [0, 0.1) is 17.2 Å². The van der Waals surface area contributed by atoms with E-state index in [1.807, 2.05) is 24.3 Å². The van der Waals surface area contributed by atoms with E-state index in [1.165, 1.54) is 0 Å². The van der Waals surface area contributed by atoms with E-state index in [0.29, 0.717) is 25.9 Å². The van der Waals surface area contributed by atoms with Crippen molar-refractivity contribution in [2.75, 3.05) is 6.61 Å². The average Bonchev–Trinajstić information content (AvgIpc) is 2.51. The number of nitrogens with zero attached hydrogens (tertiary/aromatic N) is 1. The number of hydrogen-bond donors (Lipinski definition) is 0. The number of rotatable bonds is 6. The Kier molecular flexibility index (Phi) is 5.34. The fourth-order valence-corrected chi connectivity index (χ4v) is 2.54. The normalized spacial score (nSPS) is 11.8. The summed E-state index contributed by atoms with van der Waals surface area (Å²) in [6, 6.07) is 16.4. The van der Waals surface area contributed by atoms with Crippen molar-refractivity contribution in [3.05, 3.63) is 48.0 Å². The molecule has 0 amide bonds. The van der Waals surface area contributed by atoms with Crippen LogP contribution in [0.5, 0.6) is 0 Å². The third-order valence-electron chi connectivity index (χ3n) is 3.57. The zero-order chi connectivity index (χ0) is 15.1. The maximum atomic E-state index is 12.1. The minimum Gasteiger partial charge on any atom is -0.466 e. The van der Waals surface area contributed by atoms with Crippen molar-refractivity contribution in [3.8, 4) is 6.07 Å². The Hall–Kier alpha value is -2.34. The second-order valence-corrected chi connectivity index (χ2v) is 4.99. The first-order valence-electron chi connectivity index (χ1n) is 7.26. The fraction of sp³-hybridized carbons (Fsp3) is 0.333. The van der Waals surface area contributed by atoms with Gasteiger partial charge in [0, 0.05) is 6.42 Å². The van der Waals surface area contributed by atoms with Crippen molar-refractivity contribution < 1.29 is 9.53 Å². The molecule has 0 bridgehead atoms. The van der Waals surface area contributed by atoms with Crippen LogP contribution >= 0.6 is 0 Å². The monoisotopic (exact) mass is 281 g/mol. The average molecular weight is 281 g/mol. The molecule has 0 saturated carbocycles. The number of nitriles is 1. The Morgan fingerprint density at radius 1 is 1.24 bits per heavy atom. The smallest absolute Gasteiger partial charge is 0.309 e. The highest BCUT2D eigenvalue weighted by Crippen LogP contribution is 2.23. The maximum Gasteiger partial charge on any atom is 0.309 e. The Bertz CT molecular complexity index is 652. The lowest BCUT2D eigenvalue weighted by molar-refractivity contribution is -0.148. The summed E-state index contributed by atoms with van der Waals surface area (Å²) in [5, 5.41) is 11.1. The van der Waals surface area contributed by atoms with E-state index in [0.717, 1.165) is 16.3 Å². The number of carbonyl (C=O) groups excluding carboxylic acids is 1. The van der Waals surface area contributed by atoms with Gasteiger partial charge in [-0.3, -0.25) is 4.79 Å². The van der Waals surface area contributed by atoms with Crippen LogP contribution in [0.15, 0.2) is 42.5 Å². The Morgan fingerprint density at radius 2 is 2.00 bits per heavy atom. The van der Waals surface area contributed by atoms with Crippen LogP contribution < -0.4 is 0 Å². The van der Waals surface area contributed by atoms with Gasteiger partial charge in [-0.2, -0.15) is 5.26 Å². The molecule has 0 heterocycles. The fourth-order valence-electron chi connectivity index (χ4n) is 2.54. The van der Waals surface area contributed by atoms with E-state index in [1.54, 1.807) is 6.92 Å². The Labute approximate surface area is 125 Å². The quantitative estimate of drug-likeness (QED) is 0.755. The molecular formula is C18H19NO2. The molecule has 3 nitrogen and oxygen atoms in total. The highest BCUT2D eigenvalue weighted by Gasteiger charge is 2.20. The Balaban J connectivity index is 2.25. The summed E-state index contributed by atoms with van der Waals surface area (Å²) in [6.45, 7) is 2.18. The lowest BCUT2D eigenvalue weighted by atomic mass is 9.92. The maximum absolute atomic E-state index is 12.1. The molecule has 0 aliphatic carbocycles. The number of carbonyl (C=O) groups is 1. The molecular weight excluding hydrogens is 262 g/mol. The summed E-state index contributed by atoms with van der Waals surface area (Å²) in [5.41, 5.74) is 1.13.